The number of carbonyl (C=O) groups excluding carboxylic acids is 1. The number of aromatic nitrogens is 3. The number of fused-ring (bicyclic) bond motifs is 1. The molecule has 6 nitrogen and oxygen atoms in total. The summed E-state index contributed by atoms with van der Waals surface area (Å²) in [5.74, 6) is 0.815. The molecule has 0 saturated carbocycles. The summed E-state index contributed by atoms with van der Waals surface area (Å²) in [6.07, 6.45) is 5.62. The SMILES string of the molecule is CC1CN(c2ncc(C=O)c3nccnc23)CC(C)N1C. The van der Waals surface area contributed by atoms with Gasteiger partial charge in [-0.15, -0.1) is 0 Å². The molecule has 1 aliphatic heterocycles. The number of rotatable bonds is 2. The van der Waals surface area contributed by atoms with Crippen molar-refractivity contribution in [2.24, 2.45) is 0 Å². The van der Waals surface area contributed by atoms with Crippen molar-refractivity contribution < 1.29 is 4.79 Å². The van der Waals surface area contributed by atoms with Crippen molar-refractivity contribution in [3.8, 4) is 0 Å². The Balaban J connectivity index is 2.07. The minimum absolute atomic E-state index is 0.438. The van der Waals surface area contributed by atoms with Crippen LogP contribution in [0.1, 0.15) is 24.2 Å². The molecule has 6 heteroatoms. The summed E-state index contributed by atoms with van der Waals surface area (Å²) in [6, 6.07) is 0.876. The second-order valence-electron chi connectivity index (χ2n) is 5.68. The molecule has 2 unspecified atom stereocenters. The van der Waals surface area contributed by atoms with Crippen LogP contribution in [0.2, 0.25) is 0 Å². The van der Waals surface area contributed by atoms with Crippen molar-refractivity contribution in [2.75, 3.05) is 25.0 Å². The highest BCUT2D eigenvalue weighted by Gasteiger charge is 2.28. The number of likely N-dealkylation sites (N-methyl/N-ethyl adjacent to an activating group) is 1. The second kappa shape index (κ2) is 5.37. The van der Waals surface area contributed by atoms with Gasteiger partial charge in [0.1, 0.15) is 11.0 Å². The van der Waals surface area contributed by atoms with Gasteiger partial charge in [-0.25, -0.2) is 9.97 Å². The Kier molecular flexibility index (Phi) is 3.55. The maximum Gasteiger partial charge on any atom is 0.156 e. The highest BCUT2D eigenvalue weighted by molar-refractivity contribution is 5.97. The molecule has 1 fully saturated rings. The van der Waals surface area contributed by atoms with Gasteiger partial charge in [0.2, 0.25) is 0 Å². The molecular weight excluding hydrogens is 266 g/mol. The zero-order valence-corrected chi connectivity index (χ0v) is 12.5. The van der Waals surface area contributed by atoms with Gasteiger partial charge in [-0.05, 0) is 20.9 Å². The van der Waals surface area contributed by atoms with Crippen LogP contribution in [0.25, 0.3) is 11.0 Å². The molecule has 0 bridgehead atoms. The van der Waals surface area contributed by atoms with Crippen LogP contribution >= 0.6 is 0 Å². The van der Waals surface area contributed by atoms with E-state index in [2.05, 4.69) is 45.6 Å². The Morgan fingerprint density at radius 1 is 1.10 bits per heavy atom. The number of anilines is 1. The van der Waals surface area contributed by atoms with Crippen LogP contribution in [0.4, 0.5) is 5.82 Å². The average Bonchev–Trinajstić information content (AvgIpc) is 2.51. The lowest BCUT2D eigenvalue weighted by Gasteiger charge is -2.43. The third-order valence-corrected chi connectivity index (χ3v) is 4.30. The Labute approximate surface area is 123 Å². The first-order valence-electron chi connectivity index (χ1n) is 7.13. The average molecular weight is 285 g/mol. The first kappa shape index (κ1) is 13.9. The first-order valence-corrected chi connectivity index (χ1v) is 7.13. The van der Waals surface area contributed by atoms with Gasteiger partial charge < -0.3 is 4.90 Å². The predicted octanol–water partition coefficient (Wildman–Crippen LogP) is 1.37. The third-order valence-electron chi connectivity index (χ3n) is 4.30. The quantitative estimate of drug-likeness (QED) is 0.777. The predicted molar refractivity (Wildman–Crippen MR) is 81.6 cm³/mol. The van der Waals surface area contributed by atoms with E-state index in [9.17, 15) is 4.79 Å². The maximum atomic E-state index is 11.1. The molecule has 0 aromatic carbocycles. The summed E-state index contributed by atoms with van der Waals surface area (Å²) >= 11 is 0. The van der Waals surface area contributed by atoms with Crippen LogP contribution in [-0.4, -0.2) is 58.4 Å². The topological polar surface area (TPSA) is 62.2 Å². The Morgan fingerprint density at radius 3 is 2.33 bits per heavy atom. The minimum atomic E-state index is 0.438. The van der Waals surface area contributed by atoms with Crippen molar-refractivity contribution in [3.05, 3.63) is 24.2 Å². The number of nitrogens with zero attached hydrogens (tertiary/aromatic N) is 5. The number of pyridine rings is 1. The van der Waals surface area contributed by atoms with E-state index < -0.39 is 0 Å². The van der Waals surface area contributed by atoms with Crippen LogP contribution in [0.15, 0.2) is 18.6 Å². The number of aldehydes is 1. The number of hydrogen-bond acceptors (Lipinski definition) is 6. The Hall–Kier alpha value is -2.08. The molecular formula is C15H19N5O. The smallest absolute Gasteiger partial charge is 0.156 e. The fourth-order valence-corrected chi connectivity index (χ4v) is 2.86. The summed E-state index contributed by atoms with van der Waals surface area (Å²) in [5, 5.41) is 0. The van der Waals surface area contributed by atoms with Gasteiger partial charge in [-0.2, -0.15) is 0 Å². The second-order valence-corrected chi connectivity index (χ2v) is 5.68. The Morgan fingerprint density at radius 2 is 1.71 bits per heavy atom. The molecule has 0 amide bonds. The van der Waals surface area contributed by atoms with Gasteiger partial charge in [0.15, 0.2) is 12.1 Å². The van der Waals surface area contributed by atoms with Gasteiger partial charge in [0, 0.05) is 43.8 Å². The lowest BCUT2D eigenvalue weighted by molar-refractivity contribution is 0.112. The van der Waals surface area contributed by atoms with Gasteiger partial charge in [0.05, 0.1) is 5.56 Å². The van der Waals surface area contributed by atoms with E-state index in [1.165, 1.54) is 0 Å². The van der Waals surface area contributed by atoms with Gasteiger partial charge in [0.25, 0.3) is 0 Å². The maximum absolute atomic E-state index is 11.1. The minimum Gasteiger partial charge on any atom is -0.352 e. The molecule has 2 aromatic heterocycles. The fourth-order valence-electron chi connectivity index (χ4n) is 2.86. The summed E-state index contributed by atoms with van der Waals surface area (Å²) in [6.45, 7) is 6.19. The zero-order valence-electron chi connectivity index (χ0n) is 12.5. The van der Waals surface area contributed by atoms with Crippen LogP contribution in [0.3, 0.4) is 0 Å². The highest BCUT2D eigenvalue weighted by Crippen LogP contribution is 2.26. The molecule has 0 N–H and O–H groups in total. The van der Waals surface area contributed by atoms with Gasteiger partial charge in [-0.3, -0.25) is 14.7 Å². The summed E-state index contributed by atoms with van der Waals surface area (Å²) in [5.41, 5.74) is 1.81. The molecule has 3 rings (SSSR count). The summed E-state index contributed by atoms with van der Waals surface area (Å²) < 4.78 is 0. The van der Waals surface area contributed by atoms with Crippen molar-refractivity contribution in [2.45, 2.75) is 25.9 Å². The molecule has 2 aromatic rings. The van der Waals surface area contributed by atoms with Gasteiger partial charge >= 0.3 is 0 Å². The number of piperazine rings is 1. The van der Waals surface area contributed by atoms with Crippen LogP contribution in [-0.2, 0) is 0 Å². The highest BCUT2D eigenvalue weighted by atomic mass is 16.1. The fraction of sp³-hybridized carbons (Fsp3) is 0.467. The van der Waals surface area contributed by atoms with E-state index in [0.717, 1.165) is 25.2 Å². The largest absolute Gasteiger partial charge is 0.352 e. The molecule has 21 heavy (non-hydrogen) atoms. The van der Waals surface area contributed by atoms with Crippen molar-refractivity contribution in [1.82, 2.24) is 19.9 Å². The molecule has 0 spiro atoms. The summed E-state index contributed by atoms with van der Waals surface area (Å²) in [4.78, 5) is 28.9. The van der Waals surface area contributed by atoms with Crippen LogP contribution < -0.4 is 4.90 Å². The lowest BCUT2D eigenvalue weighted by atomic mass is 10.1. The van der Waals surface area contributed by atoms with Crippen molar-refractivity contribution in [1.29, 1.82) is 0 Å². The van der Waals surface area contributed by atoms with Crippen molar-refractivity contribution in [3.63, 3.8) is 0 Å². The summed E-state index contributed by atoms with van der Waals surface area (Å²) in [7, 11) is 2.15. The number of carbonyl (C=O) groups is 1. The molecule has 2 atom stereocenters. The normalized spacial score (nSPS) is 23.5. The van der Waals surface area contributed by atoms with E-state index in [-0.39, 0.29) is 0 Å². The van der Waals surface area contributed by atoms with E-state index in [4.69, 9.17) is 0 Å². The van der Waals surface area contributed by atoms with E-state index in [0.29, 0.717) is 28.7 Å². The standard InChI is InChI=1S/C15H19N5O/c1-10-7-20(8-11(2)19(10)3)15-14-13(16-4-5-17-14)12(9-21)6-18-15/h4-6,9-11H,7-8H2,1-3H3. The van der Waals surface area contributed by atoms with Gasteiger partial charge in [-0.1, -0.05) is 0 Å². The van der Waals surface area contributed by atoms with E-state index >= 15 is 0 Å². The third kappa shape index (κ3) is 2.35. The van der Waals surface area contributed by atoms with E-state index in [1.54, 1.807) is 18.6 Å². The van der Waals surface area contributed by atoms with E-state index in [1.807, 2.05) is 0 Å². The Bertz CT molecular complexity index is 662. The zero-order chi connectivity index (χ0) is 15.0. The molecule has 1 aliphatic rings. The molecule has 0 aliphatic carbocycles. The molecule has 1 saturated heterocycles. The lowest BCUT2D eigenvalue weighted by Crippen LogP contribution is -2.55. The molecule has 3 heterocycles. The van der Waals surface area contributed by atoms with Crippen LogP contribution in [0.5, 0.6) is 0 Å². The molecule has 110 valence electrons. The number of hydrogen-bond donors (Lipinski definition) is 0. The van der Waals surface area contributed by atoms with Crippen LogP contribution in [0, 0.1) is 0 Å². The monoisotopic (exact) mass is 285 g/mol. The molecule has 0 radical (unpaired) electrons. The first-order chi connectivity index (χ1) is 10.1. The van der Waals surface area contributed by atoms with Crippen molar-refractivity contribution >= 4 is 23.1 Å².